The zero-order chi connectivity index (χ0) is 17.0. The normalized spacial score (nSPS) is 11.2. The number of nitriles is 1. The molecule has 6 heteroatoms. The van der Waals surface area contributed by atoms with Crippen LogP contribution in [0.1, 0.15) is 18.1 Å². The largest absolute Gasteiger partial charge is 0.492 e. The van der Waals surface area contributed by atoms with Crippen molar-refractivity contribution in [2.75, 3.05) is 6.61 Å². The van der Waals surface area contributed by atoms with Crippen molar-refractivity contribution < 1.29 is 4.74 Å². The van der Waals surface area contributed by atoms with Gasteiger partial charge in [-0.15, -0.1) is 0 Å². The minimum Gasteiger partial charge on any atom is -0.492 e. The van der Waals surface area contributed by atoms with Crippen LogP contribution < -0.4 is 4.74 Å². The van der Waals surface area contributed by atoms with Gasteiger partial charge in [0.15, 0.2) is 0 Å². The molecule has 0 aromatic heterocycles. The van der Waals surface area contributed by atoms with E-state index in [1.807, 2.05) is 19.1 Å². The highest BCUT2D eigenvalue weighted by molar-refractivity contribution is 9.11. The van der Waals surface area contributed by atoms with E-state index in [1.54, 1.807) is 24.3 Å². The predicted octanol–water partition coefficient (Wildman–Crippen LogP) is 6.98. The van der Waals surface area contributed by atoms with E-state index in [9.17, 15) is 5.26 Å². The maximum Gasteiger partial charge on any atom is 0.147 e. The first kappa shape index (κ1) is 18.4. The van der Waals surface area contributed by atoms with Crippen LogP contribution in [-0.4, -0.2) is 6.61 Å². The smallest absolute Gasteiger partial charge is 0.147 e. The fourth-order valence-corrected chi connectivity index (χ4v) is 3.95. The lowest BCUT2D eigenvalue weighted by molar-refractivity contribution is 0.336. The molecule has 2 aromatic rings. The maximum atomic E-state index is 9.45. The number of nitrogens with zero attached hydrogens (tertiary/aromatic N) is 1. The van der Waals surface area contributed by atoms with Gasteiger partial charge in [-0.05, 0) is 74.7 Å². The fourth-order valence-electron chi connectivity index (χ4n) is 1.99. The summed E-state index contributed by atoms with van der Waals surface area (Å²) in [5.74, 6) is 0.729. The van der Waals surface area contributed by atoms with Gasteiger partial charge < -0.3 is 4.74 Å². The third-order valence-corrected chi connectivity index (χ3v) is 4.69. The zero-order valence-electron chi connectivity index (χ0n) is 12.0. The van der Waals surface area contributed by atoms with E-state index in [4.69, 9.17) is 27.9 Å². The molecule has 0 N–H and O–H groups in total. The van der Waals surface area contributed by atoms with Crippen LogP contribution in [0, 0.1) is 11.3 Å². The minimum atomic E-state index is 0.439. The molecule has 0 amide bonds. The summed E-state index contributed by atoms with van der Waals surface area (Å²) < 4.78 is 7.17. The molecule has 0 aliphatic heterocycles. The summed E-state index contributed by atoms with van der Waals surface area (Å²) >= 11 is 19.0. The Morgan fingerprint density at radius 1 is 1.22 bits per heavy atom. The number of ether oxygens (including phenoxy) is 1. The number of allylic oxidation sites excluding steroid dienone is 1. The first-order valence-electron chi connectivity index (χ1n) is 6.65. The Hall–Kier alpha value is -0.990. The quantitative estimate of drug-likeness (QED) is 0.353. The third-order valence-electron chi connectivity index (χ3n) is 2.96. The van der Waals surface area contributed by atoms with Crippen LogP contribution in [0.4, 0.5) is 0 Å². The van der Waals surface area contributed by atoms with E-state index in [-0.39, 0.29) is 0 Å². The topological polar surface area (TPSA) is 33.0 Å². The second-order valence-corrected chi connectivity index (χ2v) is 7.09. The van der Waals surface area contributed by atoms with E-state index in [2.05, 4.69) is 37.9 Å². The number of benzene rings is 2. The molecule has 118 valence electrons. The Morgan fingerprint density at radius 2 is 1.87 bits per heavy atom. The first-order valence-corrected chi connectivity index (χ1v) is 8.99. The van der Waals surface area contributed by atoms with Crippen molar-refractivity contribution in [3.05, 3.63) is 60.4 Å². The van der Waals surface area contributed by atoms with Crippen LogP contribution in [0.5, 0.6) is 5.75 Å². The number of hydrogen-bond donors (Lipinski definition) is 0. The van der Waals surface area contributed by atoms with Gasteiger partial charge in [-0.3, -0.25) is 0 Å². The predicted molar refractivity (Wildman–Crippen MR) is 103 cm³/mol. The second-order valence-electron chi connectivity index (χ2n) is 4.54. The molecule has 0 heterocycles. The van der Waals surface area contributed by atoms with E-state index in [1.165, 1.54) is 0 Å². The van der Waals surface area contributed by atoms with Crippen molar-refractivity contribution in [3.63, 3.8) is 0 Å². The molecule has 0 bridgehead atoms. The Balaban J connectivity index is 2.49. The SMILES string of the molecule is CCOc1c(Br)cc(/C=C(\C#N)c2ccc(Cl)cc2Cl)cc1Br. The van der Waals surface area contributed by atoms with Crippen molar-refractivity contribution in [2.45, 2.75) is 6.92 Å². The number of rotatable bonds is 4. The van der Waals surface area contributed by atoms with E-state index < -0.39 is 0 Å². The Labute approximate surface area is 161 Å². The van der Waals surface area contributed by atoms with Crippen molar-refractivity contribution in [1.29, 1.82) is 5.26 Å². The molecule has 0 radical (unpaired) electrons. The van der Waals surface area contributed by atoms with Gasteiger partial charge in [0.05, 0.1) is 32.2 Å². The van der Waals surface area contributed by atoms with Crippen LogP contribution >= 0.6 is 55.1 Å². The fraction of sp³-hybridized carbons (Fsp3) is 0.118. The Kier molecular flexibility index (Phi) is 6.55. The molecule has 2 aromatic carbocycles. The van der Waals surface area contributed by atoms with Gasteiger partial charge in [0.25, 0.3) is 0 Å². The zero-order valence-corrected chi connectivity index (χ0v) is 16.7. The molecule has 0 aliphatic rings. The molecular formula is C17H11Br2Cl2NO. The molecular weight excluding hydrogens is 465 g/mol. The maximum absolute atomic E-state index is 9.45. The van der Waals surface area contributed by atoms with Gasteiger partial charge in [0.2, 0.25) is 0 Å². The molecule has 0 unspecified atom stereocenters. The molecule has 0 aliphatic carbocycles. The van der Waals surface area contributed by atoms with Gasteiger partial charge in [-0.1, -0.05) is 29.3 Å². The van der Waals surface area contributed by atoms with Crippen LogP contribution in [0.15, 0.2) is 39.3 Å². The van der Waals surface area contributed by atoms with Gasteiger partial charge in [0.1, 0.15) is 5.75 Å². The highest BCUT2D eigenvalue weighted by atomic mass is 79.9. The summed E-state index contributed by atoms with van der Waals surface area (Å²) in [4.78, 5) is 0. The van der Waals surface area contributed by atoms with Gasteiger partial charge >= 0.3 is 0 Å². The van der Waals surface area contributed by atoms with Crippen LogP contribution in [-0.2, 0) is 0 Å². The summed E-state index contributed by atoms with van der Waals surface area (Å²) in [6.07, 6.45) is 1.76. The second kappa shape index (κ2) is 8.21. The summed E-state index contributed by atoms with van der Waals surface area (Å²) in [7, 11) is 0. The lowest BCUT2D eigenvalue weighted by atomic mass is 10.0. The van der Waals surface area contributed by atoms with E-state index >= 15 is 0 Å². The lowest BCUT2D eigenvalue weighted by Gasteiger charge is -2.10. The average Bonchev–Trinajstić information content (AvgIpc) is 2.49. The molecule has 0 saturated heterocycles. The first-order chi connectivity index (χ1) is 11.0. The van der Waals surface area contributed by atoms with Gasteiger partial charge in [-0.25, -0.2) is 0 Å². The Morgan fingerprint density at radius 3 is 2.39 bits per heavy atom. The minimum absolute atomic E-state index is 0.439. The molecule has 2 nitrogen and oxygen atoms in total. The van der Waals surface area contributed by atoms with Gasteiger partial charge in [-0.2, -0.15) is 5.26 Å². The molecule has 2 rings (SSSR count). The summed E-state index contributed by atoms with van der Waals surface area (Å²) in [6, 6.07) is 11.0. The number of halogens is 4. The highest BCUT2D eigenvalue weighted by Crippen LogP contribution is 2.36. The lowest BCUT2D eigenvalue weighted by Crippen LogP contribution is -1.94. The van der Waals surface area contributed by atoms with Crippen molar-refractivity contribution in [3.8, 4) is 11.8 Å². The Bertz CT molecular complexity index is 790. The molecule has 0 fully saturated rings. The summed E-state index contributed by atoms with van der Waals surface area (Å²) in [6.45, 7) is 2.49. The van der Waals surface area contributed by atoms with Crippen LogP contribution in [0.25, 0.3) is 11.6 Å². The van der Waals surface area contributed by atoms with Crippen molar-refractivity contribution >= 4 is 66.7 Å². The van der Waals surface area contributed by atoms with Crippen LogP contribution in [0.2, 0.25) is 10.0 Å². The van der Waals surface area contributed by atoms with Gasteiger partial charge in [0, 0.05) is 10.6 Å². The van der Waals surface area contributed by atoms with E-state index in [0.717, 1.165) is 20.3 Å². The van der Waals surface area contributed by atoms with Crippen molar-refractivity contribution in [2.24, 2.45) is 0 Å². The number of hydrogen-bond acceptors (Lipinski definition) is 2. The summed E-state index contributed by atoms with van der Waals surface area (Å²) in [5.41, 5.74) is 1.93. The third kappa shape index (κ3) is 4.51. The van der Waals surface area contributed by atoms with Crippen LogP contribution in [0.3, 0.4) is 0 Å². The molecule has 0 atom stereocenters. The summed E-state index contributed by atoms with van der Waals surface area (Å²) in [5, 5.41) is 10.4. The molecule has 23 heavy (non-hydrogen) atoms. The van der Waals surface area contributed by atoms with Crippen molar-refractivity contribution in [1.82, 2.24) is 0 Å². The monoisotopic (exact) mass is 473 g/mol. The molecule has 0 spiro atoms. The standard InChI is InChI=1S/C17H11Br2Cl2NO/c1-2-23-17-14(18)6-10(7-15(17)19)5-11(9-22)13-4-3-12(20)8-16(13)21/h3-8H,2H2,1H3/b11-5+. The highest BCUT2D eigenvalue weighted by Gasteiger charge is 2.10. The van der Waals surface area contributed by atoms with E-state index in [0.29, 0.717) is 27.8 Å². The molecule has 0 saturated carbocycles. The average molecular weight is 476 g/mol.